The van der Waals surface area contributed by atoms with Crippen molar-refractivity contribution in [3.8, 4) is 0 Å². The molecule has 6 nitrogen and oxygen atoms in total. The number of ether oxygens (including phenoxy) is 2. The van der Waals surface area contributed by atoms with Crippen LogP contribution < -0.4 is 10.6 Å². The molecule has 1 atom stereocenters. The van der Waals surface area contributed by atoms with Crippen LogP contribution in [-0.2, 0) is 14.3 Å². The molecule has 0 aliphatic heterocycles. The van der Waals surface area contributed by atoms with Gasteiger partial charge in [-0.25, -0.2) is 9.59 Å². The second kappa shape index (κ2) is 9.10. The fourth-order valence-electron chi connectivity index (χ4n) is 2.70. The topological polar surface area (TPSA) is 76.7 Å². The number of hydrogen-bond donors (Lipinski definition) is 2. The third-order valence-electron chi connectivity index (χ3n) is 3.95. The van der Waals surface area contributed by atoms with Gasteiger partial charge in [0.1, 0.15) is 0 Å². The van der Waals surface area contributed by atoms with Gasteiger partial charge in [-0.05, 0) is 32.6 Å². The first kappa shape index (κ1) is 20.5. The van der Waals surface area contributed by atoms with E-state index >= 15 is 0 Å². The molecule has 1 unspecified atom stereocenters. The lowest BCUT2D eigenvalue weighted by Gasteiger charge is -2.36. The van der Waals surface area contributed by atoms with Gasteiger partial charge < -0.3 is 9.47 Å². The normalized spacial score (nSPS) is 18.5. The first-order chi connectivity index (χ1) is 11.3. The second-order valence-corrected chi connectivity index (χ2v) is 5.70. The second-order valence-electron chi connectivity index (χ2n) is 5.70. The fourth-order valence-corrected chi connectivity index (χ4v) is 2.70. The minimum atomic E-state index is -5.08. The molecule has 140 valence electrons. The van der Waals surface area contributed by atoms with Crippen LogP contribution in [0.15, 0.2) is 0 Å². The molecule has 0 aromatic carbocycles. The highest BCUT2D eigenvalue weighted by Gasteiger charge is 2.63. The van der Waals surface area contributed by atoms with Gasteiger partial charge in [0.05, 0.1) is 13.2 Å². The summed E-state index contributed by atoms with van der Waals surface area (Å²) in [6.07, 6.45) is -1.92. The van der Waals surface area contributed by atoms with Gasteiger partial charge in [0.2, 0.25) is 0 Å². The van der Waals surface area contributed by atoms with E-state index in [1.54, 1.807) is 5.32 Å². The molecule has 1 aliphatic carbocycles. The SMILES string of the molecule is CCOC(=O)NC(NCC1CCCCC1)(C(=O)OCC)C(F)(F)F. The Labute approximate surface area is 139 Å². The Balaban J connectivity index is 2.99. The van der Waals surface area contributed by atoms with E-state index in [1.807, 2.05) is 0 Å². The zero-order chi connectivity index (χ0) is 18.2. The van der Waals surface area contributed by atoms with E-state index in [4.69, 9.17) is 0 Å². The number of rotatable bonds is 7. The summed E-state index contributed by atoms with van der Waals surface area (Å²) in [6.45, 7) is 2.43. The summed E-state index contributed by atoms with van der Waals surface area (Å²) < 4.78 is 50.1. The summed E-state index contributed by atoms with van der Waals surface area (Å²) in [6, 6.07) is 0. The lowest BCUT2D eigenvalue weighted by molar-refractivity contribution is -0.219. The molecule has 0 spiro atoms. The predicted molar refractivity (Wildman–Crippen MR) is 80.2 cm³/mol. The molecule has 1 saturated carbocycles. The van der Waals surface area contributed by atoms with Crippen LogP contribution in [0.4, 0.5) is 18.0 Å². The van der Waals surface area contributed by atoms with Crippen molar-refractivity contribution >= 4 is 12.1 Å². The Morgan fingerprint density at radius 3 is 2.12 bits per heavy atom. The Morgan fingerprint density at radius 2 is 1.62 bits per heavy atom. The van der Waals surface area contributed by atoms with Gasteiger partial charge in [0, 0.05) is 6.54 Å². The highest BCUT2D eigenvalue weighted by Crippen LogP contribution is 2.31. The van der Waals surface area contributed by atoms with E-state index < -0.39 is 23.9 Å². The van der Waals surface area contributed by atoms with E-state index in [0.717, 1.165) is 32.1 Å². The molecule has 1 aliphatic rings. The van der Waals surface area contributed by atoms with Crippen LogP contribution in [0.5, 0.6) is 0 Å². The van der Waals surface area contributed by atoms with Crippen LogP contribution in [0.25, 0.3) is 0 Å². The molecule has 2 N–H and O–H groups in total. The van der Waals surface area contributed by atoms with Crippen molar-refractivity contribution in [2.75, 3.05) is 19.8 Å². The summed E-state index contributed by atoms with van der Waals surface area (Å²) in [5.41, 5.74) is -3.31. The minimum Gasteiger partial charge on any atom is -0.463 e. The average Bonchev–Trinajstić information content (AvgIpc) is 2.51. The molecule has 1 amide bonds. The maximum atomic E-state index is 13.7. The van der Waals surface area contributed by atoms with E-state index in [-0.39, 0.29) is 25.7 Å². The van der Waals surface area contributed by atoms with Gasteiger partial charge in [0.15, 0.2) is 0 Å². The number of amides is 1. The van der Waals surface area contributed by atoms with Gasteiger partial charge in [-0.2, -0.15) is 13.2 Å². The van der Waals surface area contributed by atoms with Crippen molar-refractivity contribution < 1.29 is 32.2 Å². The van der Waals surface area contributed by atoms with Crippen LogP contribution in [0.1, 0.15) is 46.0 Å². The molecule has 0 aromatic heterocycles. The van der Waals surface area contributed by atoms with Crippen LogP contribution in [0.2, 0.25) is 0 Å². The van der Waals surface area contributed by atoms with Crippen LogP contribution in [0.3, 0.4) is 0 Å². The average molecular weight is 354 g/mol. The number of halogens is 3. The molecular weight excluding hydrogens is 329 g/mol. The molecule has 0 bridgehead atoms. The summed E-state index contributed by atoms with van der Waals surface area (Å²) in [4.78, 5) is 23.6. The van der Waals surface area contributed by atoms with Crippen molar-refractivity contribution in [2.24, 2.45) is 5.92 Å². The van der Waals surface area contributed by atoms with Gasteiger partial charge in [-0.3, -0.25) is 10.6 Å². The molecule has 0 heterocycles. The molecule has 0 radical (unpaired) electrons. The van der Waals surface area contributed by atoms with Crippen molar-refractivity contribution in [3.63, 3.8) is 0 Å². The van der Waals surface area contributed by atoms with Gasteiger partial charge >= 0.3 is 18.2 Å². The quantitative estimate of drug-likeness (QED) is 0.543. The highest BCUT2D eigenvalue weighted by molar-refractivity contribution is 5.86. The Hall–Kier alpha value is -1.51. The lowest BCUT2D eigenvalue weighted by Crippen LogP contribution is -2.73. The zero-order valence-corrected chi connectivity index (χ0v) is 14.0. The maximum Gasteiger partial charge on any atom is 0.436 e. The molecule has 1 rings (SSSR count). The first-order valence-corrected chi connectivity index (χ1v) is 8.20. The van der Waals surface area contributed by atoms with Crippen molar-refractivity contribution in [1.82, 2.24) is 10.6 Å². The number of hydrogen-bond acceptors (Lipinski definition) is 5. The number of esters is 1. The monoisotopic (exact) mass is 354 g/mol. The van der Waals surface area contributed by atoms with E-state index in [9.17, 15) is 22.8 Å². The van der Waals surface area contributed by atoms with Gasteiger partial charge in [0.25, 0.3) is 5.66 Å². The number of alkyl carbamates (subject to hydrolysis) is 1. The number of alkyl halides is 3. The Kier molecular flexibility index (Phi) is 7.78. The summed E-state index contributed by atoms with van der Waals surface area (Å²) in [5, 5.41) is 3.83. The number of carbonyl (C=O) groups excluding carboxylic acids is 2. The van der Waals surface area contributed by atoms with Crippen LogP contribution in [-0.4, -0.2) is 43.7 Å². The van der Waals surface area contributed by atoms with Crippen molar-refractivity contribution in [2.45, 2.75) is 57.8 Å². The van der Waals surface area contributed by atoms with E-state index in [2.05, 4.69) is 14.8 Å². The standard InChI is InChI=1S/C15H25F3N2O4/c1-3-23-12(21)14(15(16,17)18,20-13(22)24-4-2)19-10-11-8-6-5-7-9-11/h11,19H,3-10H2,1-2H3,(H,20,22). The van der Waals surface area contributed by atoms with E-state index in [0.29, 0.717) is 0 Å². The van der Waals surface area contributed by atoms with Gasteiger partial charge in [-0.15, -0.1) is 0 Å². The fraction of sp³-hybridized carbons (Fsp3) is 0.867. The Bertz CT molecular complexity index is 425. The largest absolute Gasteiger partial charge is 0.463 e. The molecule has 1 fully saturated rings. The van der Waals surface area contributed by atoms with Gasteiger partial charge in [-0.1, -0.05) is 19.3 Å². The maximum absolute atomic E-state index is 13.7. The smallest absolute Gasteiger partial charge is 0.436 e. The highest BCUT2D eigenvalue weighted by atomic mass is 19.4. The van der Waals surface area contributed by atoms with Crippen LogP contribution >= 0.6 is 0 Å². The molecule has 0 aromatic rings. The predicted octanol–water partition coefficient (Wildman–Crippen LogP) is 2.72. The van der Waals surface area contributed by atoms with E-state index in [1.165, 1.54) is 13.8 Å². The third kappa shape index (κ3) is 5.25. The summed E-state index contributed by atoms with van der Waals surface area (Å²) in [5.74, 6) is -1.58. The summed E-state index contributed by atoms with van der Waals surface area (Å²) >= 11 is 0. The van der Waals surface area contributed by atoms with Crippen molar-refractivity contribution in [3.05, 3.63) is 0 Å². The van der Waals surface area contributed by atoms with Crippen molar-refractivity contribution in [1.29, 1.82) is 0 Å². The molecule has 0 saturated heterocycles. The van der Waals surface area contributed by atoms with Crippen LogP contribution in [0, 0.1) is 5.92 Å². The first-order valence-electron chi connectivity index (χ1n) is 8.20. The number of nitrogens with one attached hydrogen (secondary N) is 2. The lowest BCUT2D eigenvalue weighted by atomic mass is 9.89. The minimum absolute atomic E-state index is 0.0129. The number of carbonyl (C=O) groups is 2. The molecule has 24 heavy (non-hydrogen) atoms. The Morgan fingerprint density at radius 1 is 1.04 bits per heavy atom. The molecule has 9 heteroatoms. The molecular formula is C15H25F3N2O4. The third-order valence-corrected chi connectivity index (χ3v) is 3.95. The zero-order valence-electron chi connectivity index (χ0n) is 14.0. The summed E-state index contributed by atoms with van der Waals surface area (Å²) in [7, 11) is 0.